The summed E-state index contributed by atoms with van der Waals surface area (Å²) in [5.74, 6) is 0.125. The molecule has 0 aliphatic heterocycles. The second kappa shape index (κ2) is 7.31. The highest BCUT2D eigenvalue weighted by Gasteiger charge is 2.26. The van der Waals surface area contributed by atoms with Gasteiger partial charge in [0.2, 0.25) is 10.0 Å². The molecule has 0 saturated carbocycles. The van der Waals surface area contributed by atoms with Crippen molar-refractivity contribution in [2.45, 2.75) is 39.7 Å². The quantitative estimate of drug-likeness (QED) is 0.704. The summed E-state index contributed by atoms with van der Waals surface area (Å²) in [6, 6.07) is 4.92. The van der Waals surface area contributed by atoms with Crippen molar-refractivity contribution >= 4 is 21.6 Å². The van der Waals surface area contributed by atoms with Crippen molar-refractivity contribution in [3.63, 3.8) is 0 Å². The van der Waals surface area contributed by atoms with Gasteiger partial charge in [0.05, 0.1) is 11.9 Å². The lowest BCUT2D eigenvalue weighted by Gasteiger charge is -2.31. The van der Waals surface area contributed by atoms with Crippen molar-refractivity contribution in [3.8, 4) is 0 Å². The van der Waals surface area contributed by atoms with E-state index in [1.165, 1.54) is 6.07 Å². The maximum absolute atomic E-state index is 12.5. The molecule has 1 aromatic carbocycles. The van der Waals surface area contributed by atoms with Gasteiger partial charge in [0.15, 0.2) is 0 Å². The van der Waals surface area contributed by atoms with Crippen LogP contribution in [0.25, 0.3) is 0 Å². The molecule has 0 aliphatic rings. The summed E-state index contributed by atoms with van der Waals surface area (Å²) < 4.78 is 25.2. The van der Waals surface area contributed by atoms with Crippen LogP contribution in [-0.4, -0.2) is 32.7 Å². The van der Waals surface area contributed by atoms with E-state index in [4.69, 9.17) is 5.73 Å². The summed E-state index contributed by atoms with van der Waals surface area (Å²) in [5.41, 5.74) is 6.85. The van der Waals surface area contributed by atoms with Gasteiger partial charge < -0.3 is 11.1 Å². The monoisotopic (exact) mass is 341 g/mol. The van der Waals surface area contributed by atoms with E-state index in [0.29, 0.717) is 23.7 Å². The molecule has 0 aliphatic carbocycles. The Bertz CT molecular complexity index is 671. The van der Waals surface area contributed by atoms with E-state index in [-0.39, 0.29) is 5.91 Å². The molecule has 7 heteroatoms. The number of carbonyl (C=O) groups is 1. The van der Waals surface area contributed by atoms with Crippen LogP contribution in [0.1, 0.15) is 43.1 Å². The van der Waals surface area contributed by atoms with Crippen molar-refractivity contribution in [2.75, 3.05) is 17.5 Å². The lowest BCUT2D eigenvalue weighted by molar-refractivity contribution is 0.0898. The average molecular weight is 341 g/mol. The zero-order valence-corrected chi connectivity index (χ0v) is 15.3. The summed E-state index contributed by atoms with van der Waals surface area (Å²) in [6.07, 6.45) is 1.84. The highest BCUT2D eigenvalue weighted by Crippen LogP contribution is 2.20. The van der Waals surface area contributed by atoms with Gasteiger partial charge in [-0.25, -0.2) is 8.42 Å². The summed E-state index contributed by atoms with van der Waals surface area (Å²) >= 11 is 0. The Morgan fingerprint density at radius 2 is 1.96 bits per heavy atom. The van der Waals surface area contributed by atoms with Crippen LogP contribution in [0.2, 0.25) is 0 Å². The lowest BCUT2D eigenvalue weighted by Crippen LogP contribution is -2.52. The number of benzene rings is 1. The van der Waals surface area contributed by atoms with Crippen LogP contribution in [0.4, 0.5) is 5.69 Å². The molecule has 0 aromatic heterocycles. The molecule has 0 spiro atoms. The molecule has 0 radical (unpaired) electrons. The van der Waals surface area contributed by atoms with Crippen molar-refractivity contribution in [2.24, 2.45) is 11.7 Å². The number of anilines is 1. The Labute approximate surface area is 138 Å². The fourth-order valence-corrected chi connectivity index (χ4v) is 3.13. The minimum Gasteiger partial charge on any atom is -0.346 e. The van der Waals surface area contributed by atoms with Gasteiger partial charge in [-0.15, -0.1) is 0 Å². The summed E-state index contributed by atoms with van der Waals surface area (Å²) in [4.78, 5) is 12.5. The van der Waals surface area contributed by atoms with Crippen LogP contribution in [0, 0.1) is 12.8 Å². The second-order valence-electron chi connectivity index (χ2n) is 6.72. The number of amides is 1. The molecule has 0 saturated heterocycles. The second-order valence-corrected chi connectivity index (χ2v) is 8.47. The molecule has 23 heavy (non-hydrogen) atoms. The summed E-state index contributed by atoms with van der Waals surface area (Å²) in [7, 11) is -3.40. The molecule has 1 rings (SSSR count). The van der Waals surface area contributed by atoms with Gasteiger partial charge in [0.25, 0.3) is 5.91 Å². The van der Waals surface area contributed by atoms with Gasteiger partial charge in [-0.1, -0.05) is 19.9 Å². The molecule has 0 fully saturated rings. The fourth-order valence-electron chi connectivity index (χ4n) is 2.51. The van der Waals surface area contributed by atoms with Gasteiger partial charge in [-0.05, 0) is 43.9 Å². The number of hydrogen-bond donors (Lipinski definition) is 3. The van der Waals surface area contributed by atoms with E-state index >= 15 is 0 Å². The molecule has 6 nitrogen and oxygen atoms in total. The number of nitrogens with one attached hydrogen (secondary N) is 2. The fraction of sp³-hybridized carbons (Fsp3) is 0.562. The molecular formula is C16H27N3O3S. The number of carbonyl (C=O) groups excluding carboxylic acids is 1. The van der Waals surface area contributed by atoms with Gasteiger partial charge in [-0.2, -0.15) is 0 Å². The van der Waals surface area contributed by atoms with E-state index in [1.54, 1.807) is 19.1 Å². The van der Waals surface area contributed by atoms with Crippen LogP contribution in [-0.2, 0) is 10.0 Å². The van der Waals surface area contributed by atoms with E-state index < -0.39 is 15.6 Å². The zero-order valence-electron chi connectivity index (χ0n) is 14.4. The van der Waals surface area contributed by atoms with Gasteiger partial charge in [0.1, 0.15) is 0 Å². The van der Waals surface area contributed by atoms with E-state index in [1.807, 2.05) is 6.92 Å². The molecule has 1 atom stereocenters. The molecule has 0 heterocycles. The van der Waals surface area contributed by atoms with E-state index in [9.17, 15) is 13.2 Å². The van der Waals surface area contributed by atoms with Crippen molar-refractivity contribution in [3.05, 3.63) is 29.3 Å². The first kappa shape index (κ1) is 19.4. The third-order valence-corrected chi connectivity index (χ3v) is 4.11. The molecule has 130 valence electrons. The van der Waals surface area contributed by atoms with E-state index in [0.717, 1.165) is 18.2 Å². The smallest absolute Gasteiger partial charge is 0.251 e. The normalized spacial score (nSPS) is 14.4. The Kier molecular flexibility index (Phi) is 6.18. The molecule has 4 N–H and O–H groups in total. The SMILES string of the molecule is Cc1ccc(C(=O)NC(C)(CN)CC(C)C)cc1NS(C)(=O)=O. The van der Waals surface area contributed by atoms with Crippen LogP contribution >= 0.6 is 0 Å². The van der Waals surface area contributed by atoms with Crippen LogP contribution in [0.15, 0.2) is 18.2 Å². The Balaban J connectivity index is 3.02. The van der Waals surface area contributed by atoms with Gasteiger partial charge in [-0.3, -0.25) is 9.52 Å². The average Bonchev–Trinajstić information content (AvgIpc) is 2.38. The van der Waals surface area contributed by atoms with Gasteiger partial charge >= 0.3 is 0 Å². The van der Waals surface area contributed by atoms with Crippen molar-refractivity contribution < 1.29 is 13.2 Å². The largest absolute Gasteiger partial charge is 0.346 e. The van der Waals surface area contributed by atoms with E-state index in [2.05, 4.69) is 23.9 Å². The first-order valence-corrected chi connectivity index (χ1v) is 9.46. The standard InChI is InChI=1S/C16H27N3O3S/c1-11(2)9-16(4,10-17)18-15(20)13-7-6-12(3)14(8-13)19-23(5,21)22/h6-8,11,19H,9-10,17H2,1-5H3,(H,18,20). The molecule has 1 unspecified atom stereocenters. The van der Waals surface area contributed by atoms with Crippen molar-refractivity contribution in [1.29, 1.82) is 0 Å². The zero-order chi connectivity index (χ0) is 17.8. The third-order valence-electron chi connectivity index (χ3n) is 3.52. The minimum atomic E-state index is -3.40. The molecule has 0 bridgehead atoms. The topological polar surface area (TPSA) is 101 Å². The maximum Gasteiger partial charge on any atom is 0.251 e. The molecule has 1 amide bonds. The predicted molar refractivity (Wildman–Crippen MR) is 94.0 cm³/mol. The third kappa shape index (κ3) is 6.19. The highest BCUT2D eigenvalue weighted by atomic mass is 32.2. The Morgan fingerprint density at radius 1 is 1.35 bits per heavy atom. The number of sulfonamides is 1. The van der Waals surface area contributed by atoms with Crippen LogP contribution < -0.4 is 15.8 Å². The Hall–Kier alpha value is -1.60. The van der Waals surface area contributed by atoms with Crippen LogP contribution in [0.5, 0.6) is 0 Å². The van der Waals surface area contributed by atoms with Crippen molar-refractivity contribution in [1.82, 2.24) is 5.32 Å². The summed E-state index contributed by atoms with van der Waals surface area (Å²) in [6.45, 7) is 8.16. The maximum atomic E-state index is 12.5. The lowest BCUT2D eigenvalue weighted by atomic mass is 9.90. The number of nitrogens with two attached hydrogens (primary N) is 1. The predicted octanol–water partition coefficient (Wildman–Crippen LogP) is 1.86. The number of hydrogen-bond acceptors (Lipinski definition) is 4. The number of rotatable bonds is 7. The first-order valence-electron chi connectivity index (χ1n) is 7.57. The van der Waals surface area contributed by atoms with Gasteiger partial charge in [0, 0.05) is 17.6 Å². The first-order chi connectivity index (χ1) is 10.5. The molecule has 1 aromatic rings. The van der Waals surface area contributed by atoms with Crippen LogP contribution in [0.3, 0.4) is 0 Å². The Morgan fingerprint density at radius 3 is 2.43 bits per heavy atom. The minimum absolute atomic E-state index is 0.268. The summed E-state index contributed by atoms with van der Waals surface area (Å²) in [5, 5.41) is 2.96. The molecular weight excluding hydrogens is 314 g/mol. The highest BCUT2D eigenvalue weighted by molar-refractivity contribution is 7.92. The number of aryl methyl sites for hydroxylation is 1.